The van der Waals surface area contributed by atoms with Gasteiger partial charge in [-0.15, -0.1) is 0 Å². The highest BCUT2D eigenvalue weighted by atomic mass is 16.3. The predicted molar refractivity (Wildman–Crippen MR) is 108 cm³/mol. The minimum atomic E-state index is -0.0704. The van der Waals surface area contributed by atoms with Crippen molar-refractivity contribution in [3.05, 3.63) is 36.2 Å². The molecule has 1 saturated heterocycles. The van der Waals surface area contributed by atoms with E-state index in [4.69, 9.17) is 9.40 Å². The van der Waals surface area contributed by atoms with Crippen LogP contribution in [0.25, 0.3) is 22.5 Å². The molecule has 0 spiro atoms. The molecular weight excluding hydrogens is 370 g/mol. The minimum absolute atomic E-state index is 0.0453. The van der Waals surface area contributed by atoms with Gasteiger partial charge in [-0.25, -0.2) is 9.67 Å². The van der Waals surface area contributed by atoms with Crippen molar-refractivity contribution >= 4 is 22.8 Å². The Balaban J connectivity index is 1.76. The van der Waals surface area contributed by atoms with Gasteiger partial charge in [0.2, 0.25) is 5.91 Å². The average molecular weight is 395 g/mol. The molecule has 0 N–H and O–H groups in total. The summed E-state index contributed by atoms with van der Waals surface area (Å²) in [5, 5.41) is 5.19. The third kappa shape index (κ3) is 3.62. The molecule has 152 valence electrons. The maximum absolute atomic E-state index is 13.5. The van der Waals surface area contributed by atoms with E-state index in [1.807, 2.05) is 29.5 Å². The Kier molecular flexibility index (Phi) is 5.08. The first kappa shape index (κ1) is 19.2. The number of furan rings is 1. The van der Waals surface area contributed by atoms with Crippen LogP contribution in [-0.2, 0) is 4.79 Å². The monoisotopic (exact) mass is 395 g/mol. The first-order valence-corrected chi connectivity index (χ1v) is 9.92. The number of hydrogen-bond donors (Lipinski definition) is 0. The van der Waals surface area contributed by atoms with Crippen molar-refractivity contribution in [1.82, 2.24) is 24.6 Å². The summed E-state index contributed by atoms with van der Waals surface area (Å²) < 4.78 is 7.34. The summed E-state index contributed by atoms with van der Waals surface area (Å²) in [7, 11) is 0. The molecule has 4 heterocycles. The third-order valence-corrected chi connectivity index (χ3v) is 5.29. The number of nitrogens with zero attached hydrogens (tertiary/aromatic N) is 5. The summed E-state index contributed by atoms with van der Waals surface area (Å²) in [4.78, 5) is 33.5. The molecule has 0 unspecified atom stereocenters. The van der Waals surface area contributed by atoms with Gasteiger partial charge in [-0.3, -0.25) is 9.59 Å². The minimum Gasteiger partial charge on any atom is -0.463 e. The summed E-state index contributed by atoms with van der Waals surface area (Å²) >= 11 is 0. The van der Waals surface area contributed by atoms with Crippen molar-refractivity contribution in [3.63, 3.8) is 0 Å². The lowest BCUT2D eigenvalue weighted by Gasteiger charge is -2.22. The second-order valence-corrected chi connectivity index (χ2v) is 7.60. The molecule has 1 fully saturated rings. The van der Waals surface area contributed by atoms with Gasteiger partial charge in [0.1, 0.15) is 5.69 Å². The van der Waals surface area contributed by atoms with Crippen LogP contribution in [0.15, 0.2) is 35.1 Å². The van der Waals surface area contributed by atoms with Crippen molar-refractivity contribution in [2.24, 2.45) is 0 Å². The van der Waals surface area contributed by atoms with E-state index in [0.717, 1.165) is 11.8 Å². The number of carbonyl (C=O) groups excluding carboxylic acids is 2. The van der Waals surface area contributed by atoms with Crippen molar-refractivity contribution in [3.8, 4) is 11.5 Å². The number of pyridine rings is 1. The molecule has 0 aromatic carbocycles. The maximum Gasteiger partial charge on any atom is 0.254 e. The lowest BCUT2D eigenvalue weighted by Crippen LogP contribution is -2.36. The SMILES string of the molecule is CC(=O)N1CCCN(C(=O)c2cc(-c3ccco3)nc3c2cnn3C(C)C)CC1. The lowest BCUT2D eigenvalue weighted by atomic mass is 10.1. The maximum atomic E-state index is 13.5. The zero-order valence-corrected chi connectivity index (χ0v) is 17.0. The summed E-state index contributed by atoms with van der Waals surface area (Å²) in [5.41, 5.74) is 1.83. The van der Waals surface area contributed by atoms with E-state index in [0.29, 0.717) is 48.8 Å². The molecule has 0 atom stereocenters. The molecule has 2 amide bonds. The fourth-order valence-electron chi connectivity index (χ4n) is 3.73. The van der Waals surface area contributed by atoms with Gasteiger partial charge in [0.25, 0.3) is 5.91 Å². The van der Waals surface area contributed by atoms with Crippen LogP contribution in [0.5, 0.6) is 0 Å². The molecule has 0 radical (unpaired) electrons. The molecule has 8 nitrogen and oxygen atoms in total. The average Bonchev–Trinajstić information content (AvgIpc) is 3.31. The number of carbonyl (C=O) groups is 2. The van der Waals surface area contributed by atoms with E-state index < -0.39 is 0 Å². The summed E-state index contributed by atoms with van der Waals surface area (Å²) in [6, 6.07) is 5.52. The normalized spacial score (nSPS) is 15.2. The van der Waals surface area contributed by atoms with E-state index in [1.54, 1.807) is 36.4 Å². The number of amides is 2. The fraction of sp³-hybridized carbons (Fsp3) is 0.429. The number of rotatable bonds is 3. The Morgan fingerprint density at radius 2 is 1.90 bits per heavy atom. The van der Waals surface area contributed by atoms with Crippen LogP contribution in [-0.4, -0.2) is 62.6 Å². The second kappa shape index (κ2) is 7.69. The van der Waals surface area contributed by atoms with Gasteiger partial charge in [-0.05, 0) is 38.5 Å². The Hall–Kier alpha value is -3.16. The van der Waals surface area contributed by atoms with Gasteiger partial charge >= 0.3 is 0 Å². The van der Waals surface area contributed by atoms with Crippen LogP contribution in [0.4, 0.5) is 0 Å². The molecule has 1 aliphatic heterocycles. The Morgan fingerprint density at radius 1 is 1.14 bits per heavy atom. The van der Waals surface area contributed by atoms with Gasteiger partial charge in [-0.1, -0.05) is 0 Å². The lowest BCUT2D eigenvalue weighted by molar-refractivity contribution is -0.128. The molecule has 0 saturated carbocycles. The standard InChI is InChI=1S/C21H25N5O3/c1-14(2)26-20-17(13-22-26)16(12-18(23-20)19-6-4-11-29-19)21(28)25-8-5-7-24(9-10-25)15(3)27/h4,6,11-14H,5,7-10H2,1-3H3. The van der Waals surface area contributed by atoms with E-state index in [-0.39, 0.29) is 17.9 Å². The molecular formula is C21H25N5O3. The van der Waals surface area contributed by atoms with Crippen LogP contribution in [0, 0.1) is 0 Å². The quantitative estimate of drug-likeness (QED) is 0.681. The summed E-state index contributed by atoms with van der Waals surface area (Å²) in [5.74, 6) is 0.582. The van der Waals surface area contributed by atoms with Crippen LogP contribution in [0.3, 0.4) is 0 Å². The zero-order valence-electron chi connectivity index (χ0n) is 17.0. The van der Waals surface area contributed by atoms with Crippen LogP contribution < -0.4 is 0 Å². The van der Waals surface area contributed by atoms with Gasteiger partial charge in [0.05, 0.1) is 23.4 Å². The first-order chi connectivity index (χ1) is 14.0. The molecule has 4 rings (SSSR count). The largest absolute Gasteiger partial charge is 0.463 e. The molecule has 0 aliphatic carbocycles. The number of aromatic nitrogens is 3. The Labute approximate surface area is 169 Å². The second-order valence-electron chi connectivity index (χ2n) is 7.60. The molecule has 29 heavy (non-hydrogen) atoms. The van der Waals surface area contributed by atoms with Gasteiger partial charge in [0.15, 0.2) is 11.4 Å². The van der Waals surface area contributed by atoms with Crippen LogP contribution in [0.2, 0.25) is 0 Å². The highest BCUT2D eigenvalue weighted by Crippen LogP contribution is 2.27. The van der Waals surface area contributed by atoms with Gasteiger partial charge in [-0.2, -0.15) is 5.10 Å². The van der Waals surface area contributed by atoms with E-state index in [2.05, 4.69) is 5.10 Å². The fourth-order valence-corrected chi connectivity index (χ4v) is 3.73. The van der Waals surface area contributed by atoms with Crippen molar-refractivity contribution in [2.45, 2.75) is 33.2 Å². The van der Waals surface area contributed by atoms with Crippen molar-refractivity contribution < 1.29 is 14.0 Å². The predicted octanol–water partition coefficient (Wildman–Crippen LogP) is 2.97. The topological polar surface area (TPSA) is 84.5 Å². The number of hydrogen-bond acceptors (Lipinski definition) is 5. The van der Waals surface area contributed by atoms with E-state index >= 15 is 0 Å². The van der Waals surface area contributed by atoms with Crippen molar-refractivity contribution in [1.29, 1.82) is 0 Å². The molecule has 8 heteroatoms. The Morgan fingerprint density at radius 3 is 2.59 bits per heavy atom. The molecule has 3 aromatic rings. The smallest absolute Gasteiger partial charge is 0.254 e. The van der Waals surface area contributed by atoms with E-state index in [9.17, 15) is 9.59 Å². The highest BCUT2D eigenvalue weighted by molar-refractivity contribution is 6.06. The molecule has 3 aromatic heterocycles. The van der Waals surface area contributed by atoms with Gasteiger partial charge in [0, 0.05) is 39.1 Å². The van der Waals surface area contributed by atoms with Crippen molar-refractivity contribution in [2.75, 3.05) is 26.2 Å². The van der Waals surface area contributed by atoms with Crippen LogP contribution >= 0.6 is 0 Å². The molecule has 0 bridgehead atoms. The van der Waals surface area contributed by atoms with E-state index in [1.165, 1.54) is 0 Å². The molecule has 1 aliphatic rings. The third-order valence-electron chi connectivity index (χ3n) is 5.29. The summed E-state index contributed by atoms with van der Waals surface area (Å²) in [6.45, 7) is 7.97. The number of fused-ring (bicyclic) bond motifs is 1. The Bertz CT molecular complexity index is 1040. The van der Waals surface area contributed by atoms with Crippen LogP contribution in [0.1, 0.15) is 43.6 Å². The summed E-state index contributed by atoms with van der Waals surface area (Å²) in [6.07, 6.45) is 4.06. The zero-order chi connectivity index (χ0) is 20.5. The highest BCUT2D eigenvalue weighted by Gasteiger charge is 2.25. The van der Waals surface area contributed by atoms with Gasteiger partial charge < -0.3 is 14.2 Å². The first-order valence-electron chi connectivity index (χ1n) is 9.92.